The van der Waals surface area contributed by atoms with E-state index in [1.165, 1.54) is 11.8 Å². The van der Waals surface area contributed by atoms with E-state index in [-0.39, 0.29) is 12.3 Å². The zero-order chi connectivity index (χ0) is 10.7. The first-order valence-corrected chi connectivity index (χ1v) is 5.58. The topological polar surface area (TPSA) is 66.5 Å². The molecule has 0 radical (unpaired) electrons. The monoisotopic (exact) mass is 213 g/mol. The number of aliphatic hydroxyl groups is 1. The number of hydrogen-bond acceptors (Lipinski definition) is 4. The van der Waals surface area contributed by atoms with Crippen molar-refractivity contribution in [1.29, 1.82) is 0 Å². The molecule has 0 aliphatic rings. The van der Waals surface area contributed by atoms with Gasteiger partial charge in [-0.15, -0.1) is 11.8 Å². The molecule has 1 aromatic carbocycles. The largest absolute Gasteiger partial charge is 0.508 e. The molecule has 0 fully saturated rings. The predicted octanol–water partition coefficient (Wildman–Crippen LogP) is 1.41. The van der Waals surface area contributed by atoms with Gasteiger partial charge in [-0.05, 0) is 36.4 Å². The minimum Gasteiger partial charge on any atom is -0.508 e. The van der Waals surface area contributed by atoms with E-state index >= 15 is 0 Å². The van der Waals surface area contributed by atoms with Crippen LogP contribution in [0, 0.1) is 6.92 Å². The number of nitrogens with two attached hydrogens (primary N) is 1. The maximum Gasteiger partial charge on any atom is 0.118 e. The summed E-state index contributed by atoms with van der Waals surface area (Å²) in [4.78, 5) is 0.957. The van der Waals surface area contributed by atoms with Crippen molar-refractivity contribution < 1.29 is 10.2 Å². The Morgan fingerprint density at radius 3 is 2.64 bits per heavy atom. The highest BCUT2D eigenvalue weighted by Gasteiger charge is 2.12. The highest BCUT2D eigenvalue weighted by Crippen LogP contribution is 2.31. The van der Waals surface area contributed by atoms with Crippen LogP contribution in [0.4, 0.5) is 0 Å². The van der Waals surface area contributed by atoms with E-state index in [4.69, 9.17) is 5.73 Å². The summed E-state index contributed by atoms with van der Waals surface area (Å²) in [6.07, 6.45) is 1.22. The van der Waals surface area contributed by atoms with Gasteiger partial charge < -0.3 is 15.9 Å². The summed E-state index contributed by atoms with van der Waals surface area (Å²) in [7, 11) is 0. The smallest absolute Gasteiger partial charge is 0.118 e. The number of aromatic hydroxyl groups is 1. The van der Waals surface area contributed by atoms with E-state index in [0.717, 1.165) is 10.5 Å². The highest BCUT2D eigenvalue weighted by atomic mass is 32.2. The van der Waals surface area contributed by atoms with Crippen LogP contribution in [-0.2, 0) is 0 Å². The molecule has 1 unspecified atom stereocenters. The zero-order valence-corrected chi connectivity index (χ0v) is 9.14. The minimum atomic E-state index is -0.705. The SMILES string of the molecule is CSc1cc(C)c(O)cc1C(O)CN. The van der Waals surface area contributed by atoms with Crippen molar-refractivity contribution in [3.8, 4) is 5.75 Å². The van der Waals surface area contributed by atoms with E-state index < -0.39 is 6.10 Å². The van der Waals surface area contributed by atoms with Gasteiger partial charge in [0.1, 0.15) is 5.75 Å². The van der Waals surface area contributed by atoms with Crippen LogP contribution in [0.5, 0.6) is 5.75 Å². The third-order valence-electron chi connectivity index (χ3n) is 2.13. The van der Waals surface area contributed by atoms with Crippen LogP contribution < -0.4 is 5.73 Å². The Hall–Kier alpha value is -0.710. The average Bonchev–Trinajstić information content (AvgIpc) is 2.20. The molecule has 0 aliphatic heterocycles. The third-order valence-corrected chi connectivity index (χ3v) is 2.92. The number of hydrogen-bond donors (Lipinski definition) is 3. The first-order valence-electron chi connectivity index (χ1n) is 4.35. The fraction of sp³-hybridized carbons (Fsp3) is 0.400. The molecule has 4 N–H and O–H groups in total. The number of thioether (sulfide) groups is 1. The second-order valence-electron chi connectivity index (χ2n) is 3.13. The Kier molecular flexibility index (Phi) is 3.80. The molecule has 0 heterocycles. The first-order chi connectivity index (χ1) is 6.60. The van der Waals surface area contributed by atoms with Crippen molar-refractivity contribution in [2.75, 3.05) is 12.8 Å². The van der Waals surface area contributed by atoms with E-state index in [1.807, 2.05) is 19.2 Å². The molecule has 0 aliphatic carbocycles. The highest BCUT2D eigenvalue weighted by molar-refractivity contribution is 7.98. The van der Waals surface area contributed by atoms with Gasteiger partial charge in [-0.3, -0.25) is 0 Å². The lowest BCUT2D eigenvalue weighted by Crippen LogP contribution is -2.12. The number of aliphatic hydroxyl groups excluding tert-OH is 1. The number of benzene rings is 1. The Balaban J connectivity index is 3.19. The van der Waals surface area contributed by atoms with Crippen molar-refractivity contribution in [2.45, 2.75) is 17.9 Å². The molecule has 1 atom stereocenters. The molecule has 4 heteroatoms. The lowest BCUT2D eigenvalue weighted by atomic mass is 10.1. The second kappa shape index (κ2) is 4.68. The van der Waals surface area contributed by atoms with Gasteiger partial charge in [0.2, 0.25) is 0 Å². The molecule has 0 amide bonds. The van der Waals surface area contributed by atoms with Gasteiger partial charge >= 0.3 is 0 Å². The normalized spacial score (nSPS) is 12.9. The minimum absolute atomic E-state index is 0.163. The van der Waals surface area contributed by atoms with Gasteiger partial charge in [0, 0.05) is 11.4 Å². The Morgan fingerprint density at radius 2 is 2.14 bits per heavy atom. The maximum absolute atomic E-state index is 9.61. The van der Waals surface area contributed by atoms with Gasteiger partial charge in [-0.1, -0.05) is 0 Å². The van der Waals surface area contributed by atoms with Gasteiger partial charge in [0.05, 0.1) is 6.10 Å². The van der Waals surface area contributed by atoms with E-state index in [1.54, 1.807) is 6.07 Å². The number of rotatable bonds is 3. The molecule has 0 aromatic heterocycles. The molecule has 78 valence electrons. The maximum atomic E-state index is 9.61. The van der Waals surface area contributed by atoms with Crippen molar-refractivity contribution in [3.05, 3.63) is 23.3 Å². The summed E-state index contributed by atoms with van der Waals surface area (Å²) in [6.45, 7) is 1.99. The standard InChI is InChI=1S/C10H15NO2S/c1-6-3-10(14-2)7(4-8(6)12)9(13)5-11/h3-4,9,12-13H,5,11H2,1-2H3. The third kappa shape index (κ3) is 2.20. The molecule has 0 spiro atoms. The van der Waals surface area contributed by atoms with Crippen LogP contribution in [0.3, 0.4) is 0 Å². The number of phenolic OH excluding ortho intramolecular Hbond substituents is 1. The Bertz CT molecular complexity index is 328. The lowest BCUT2D eigenvalue weighted by molar-refractivity contribution is 0.183. The van der Waals surface area contributed by atoms with Crippen LogP contribution in [0.15, 0.2) is 17.0 Å². The summed E-state index contributed by atoms with van der Waals surface area (Å²) in [6, 6.07) is 3.44. The molecule has 0 saturated heterocycles. The number of phenols is 1. The van der Waals surface area contributed by atoms with Crippen LogP contribution in [0.2, 0.25) is 0 Å². The summed E-state index contributed by atoms with van der Waals surface area (Å²) >= 11 is 1.54. The molecule has 1 rings (SSSR count). The predicted molar refractivity (Wildman–Crippen MR) is 58.6 cm³/mol. The molecule has 0 saturated carbocycles. The van der Waals surface area contributed by atoms with Crippen LogP contribution >= 0.6 is 11.8 Å². The van der Waals surface area contributed by atoms with E-state index in [9.17, 15) is 10.2 Å². The summed E-state index contributed by atoms with van der Waals surface area (Å²) < 4.78 is 0. The first kappa shape index (κ1) is 11.4. The van der Waals surface area contributed by atoms with Gasteiger partial charge in [-0.25, -0.2) is 0 Å². The molecule has 0 bridgehead atoms. The molecule has 1 aromatic rings. The molecule has 14 heavy (non-hydrogen) atoms. The van der Waals surface area contributed by atoms with Crippen molar-refractivity contribution >= 4 is 11.8 Å². The van der Waals surface area contributed by atoms with Crippen molar-refractivity contribution in [3.63, 3.8) is 0 Å². The van der Waals surface area contributed by atoms with Gasteiger partial charge in [-0.2, -0.15) is 0 Å². The second-order valence-corrected chi connectivity index (χ2v) is 3.98. The van der Waals surface area contributed by atoms with Crippen molar-refractivity contribution in [1.82, 2.24) is 0 Å². The van der Waals surface area contributed by atoms with E-state index in [0.29, 0.717) is 5.56 Å². The van der Waals surface area contributed by atoms with Crippen molar-refractivity contribution in [2.24, 2.45) is 5.73 Å². The zero-order valence-electron chi connectivity index (χ0n) is 8.32. The van der Waals surface area contributed by atoms with Crippen LogP contribution in [0.25, 0.3) is 0 Å². The summed E-state index contributed by atoms with van der Waals surface area (Å²) in [5.74, 6) is 0.199. The Labute approximate surface area is 87.9 Å². The van der Waals surface area contributed by atoms with Crippen LogP contribution in [-0.4, -0.2) is 23.0 Å². The van der Waals surface area contributed by atoms with E-state index in [2.05, 4.69) is 0 Å². The summed E-state index contributed by atoms with van der Waals surface area (Å²) in [5.41, 5.74) is 6.88. The summed E-state index contributed by atoms with van der Waals surface area (Å²) in [5, 5.41) is 19.1. The number of aryl methyl sites for hydroxylation is 1. The lowest BCUT2D eigenvalue weighted by Gasteiger charge is -2.14. The molecular formula is C10H15NO2S. The van der Waals surface area contributed by atoms with Gasteiger partial charge in [0.15, 0.2) is 0 Å². The van der Waals surface area contributed by atoms with Crippen LogP contribution in [0.1, 0.15) is 17.2 Å². The molecule has 3 nitrogen and oxygen atoms in total. The Morgan fingerprint density at radius 1 is 1.50 bits per heavy atom. The fourth-order valence-electron chi connectivity index (χ4n) is 1.25. The quantitative estimate of drug-likeness (QED) is 0.664. The fourth-order valence-corrected chi connectivity index (χ4v) is 1.98. The molecular weight excluding hydrogens is 198 g/mol. The average molecular weight is 213 g/mol. The van der Waals surface area contributed by atoms with Gasteiger partial charge in [0.25, 0.3) is 0 Å².